The first kappa shape index (κ1) is 27.6. The largest absolute Gasteiger partial charge is 0.296 e. The minimum atomic E-state index is -0.682. The van der Waals surface area contributed by atoms with Gasteiger partial charge in [-0.2, -0.15) is 5.10 Å². The Labute approximate surface area is 265 Å². The van der Waals surface area contributed by atoms with Gasteiger partial charge in [0.05, 0.1) is 6.20 Å². The number of nitrogens with zero attached hydrogens (tertiary/aromatic N) is 6. The van der Waals surface area contributed by atoms with Gasteiger partial charge in [0.15, 0.2) is 5.82 Å². The first-order valence-corrected chi connectivity index (χ1v) is 15.3. The van der Waals surface area contributed by atoms with Crippen LogP contribution in [-0.4, -0.2) is 29.1 Å². The number of aromatic nitrogens is 6. The third-order valence-electron chi connectivity index (χ3n) is 8.75. The molecule has 0 saturated carbocycles. The minimum absolute atomic E-state index is 0.0640. The zero-order valence-electron chi connectivity index (χ0n) is 24.9. The SMILES string of the molecule is Fc1ccc(-c2nn(C(c3ccccc3)(c3ccccc3)C3C=CC=CC3)cc2-c2ccc3ncc(-c4ncccn4)n3c2)cc1. The molecule has 222 valence electrons. The molecule has 0 spiro atoms. The second kappa shape index (κ2) is 11.5. The zero-order valence-corrected chi connectivity index (χ0v) is 24.9. The third-order valence-corrected chi connectivity index (χ3v) is 8.75. The summed E-state index contributed by atoms with van der Waals surface area (Å²) in [6.07, 6.45) is 19.0. The van der Waals surface area contributed by atoms with Crippen molar-refractivity contribution < 1.29 is 4.39 Å². The Kier molecular flexibility index (Phi) is 6.91. The van der Waals surface area contributed by atoms with Gasteiger partial charge in [-0.25, -0.2) is 19.3 Å². The summed E-state index contributed by atoms with van der Waals surface area (Å²) >= 11 is 0. The lowest BCUT2D eigenvalue weighted by Gasteiger charge is -2.41. The molecule has 4 aromatic heterocycles. The van der Waals surface area contributed by atoms with E-state index < -0.39 is 5.54 Å². The average molecular weight is 601 g/mol. The van der Waals surface area contributed by atoms with E-state index in [4.69, 9.17) is 5.10 Å². The molecular weight excluding hydrogens is 571 g/mol. The topological polar surface area (TPSA) is 60.9 Å². The van der Waals surface area contributed by atoms with Crippen molar-refractivity contribution in [2.45, 2.75) is 12.0 Å². The lowest BCUT2D eigenvalue weighted by molar-refractivity contribution is 0.293. The maximum Gasteiger partial charge on any atom is 0.178 e. The van der Waals surface area contributed by atoms with Crippen LogP contribution in [0.1, 0.15) is 17.5 Å². The van der Waals surface area contributed by atoms with E-state index in [-0.39, 0.29) is 11.7 Å². The Morgan fingerprint density at radius 1 is 0.696 bits per heavy atom. The van der Waals surface area contributed by atoms with E-state index in [9.17, 15) is 4.39 Å². The monoisotopic (exact) mass is 600 g/mol. The molecule has 0 aliphatic heterocycles. The lowest BCUT2D eigenvalue weighted by Crippen LogP contribution is -2.43. The Morgan fingerprint density at radius 3 is 2.07 bits per heavy atom. The summed E-state index contributed by atoms with van der Waals surface area (Å²) in [4.78, 5) is 13.5. The number of hydrogen-bond acceptors (Lipinski definition) is 4. The van der Waals surface area contributed by atoms with Crippen LogP contribution >= 0.6 is 0 Å². The van der Waals surface area contributed by atoms with E-state index in [1.165, 1.54) is 12.1 Å². The maximum atomic E-state index is 14.2. The second-order valence-electron chi connectivity index (χ2n) is 11.4. The van der Waals surface area contributed by atoms with Crippen LogP contribution in [0.5, 0.6) is 0 Å². The van der Waals surface area contributed by atoms with Gasteiger partial charge in [0, 0.05) is 47.4 Å². The molecule has 8 rings (SSSR count). The number of allylic oxidation sites excluding steroid dienone is 4. The molecule has 0 fully saturated rings. The summed E-state index contributed by atoms with van der Waals surface area (Å²) in [5.74, 6) is 0.360. The van der Waals surface area contributed by atoms with Crippen LogP contribution in [0, 0.1) is 11.7 Å². The van der Waals surface area contributed by atoms with Crippen molar-refractivity contribution in [2.24, 2.45) is 5.92 Å². The van der Waals surface area contributed by atoms with Gasteiger partial charge < -0.3 is 0 Å². The van der Waals surface area contributed by atoms with Gasteiger partial charge in [-0.3, -0.25) is 9.08 Å². The van der Waals surface area contributed by atoms with Crippen LogP contribution < -0.4 is 0 Å². The summed E-state index contributed by atoms with van der Waals surface area (Å²) in [6, 6.07) is 33.6. The van der Waals surface area contributed by atoms with Crippen molar-refractivity contribution in [1.82, 2.24) is 29.1 Å². The van der Waals surface area contributed by atoms with Crippen LogP contribution in [0.2, 0.25) is 0 Å². The van der Waals surface area contributed by atoms with Gasteiger partial charge in [0.25, 0.3) is 0 Å². The fourth-order valence-electron chi connectivity index (χ4n) is 6.63. The Hall–Kier alpha value is -5.95. The van der Waals surface area contributed by atoms with E-state index in [1.807, 2.05) is 22.6 Å². The molecule has 7 aromatic rings. The van der Waals surface area contributed by atoms with Gasteiger partial charge in [-0.1, -0.05) is 85.0 Å². The highest BCUT2D eigenvalue weighted by molar-refractivity contribution is 5.81. The van der Waals surface area contributed by atoms with Gasteiger partial charge in [-0.05, 0) is 60.0 Å². The number of imidazole rings is 1. The molecule has 1 unspecified atom stereocenters. The average Bonchev–Trinajstić information content (AvgIpc) is 3.76. The fourth-order valence-corrected chi connectivity index (χ4v) is 6.63. The number of fused-ring (bicyclic) bond motifs is 1. The molecule has 4 heterocycles. The quantitative estimate of drug-likeness (QED) is 0.184. The number of halogens is 1. The van der Waals surface area contributed by atoms with Crippen LogP contribution in [-0.2, 0) is 5.54 Å². The molecule has 1 aliphatic carbocycles. The van der Waals surface area contributed by atoms with E-state index >= 15 is 0 Å². The highest BCUT2D eigenvalue weighted by Crippen LogP contribution is 2.46. The van der Waals surface area contributed by atoms with E-state index in [2.05, 4.69) is 111 Å². The van der Waals surface area contributed by atoms with Crippen LogP contribution in [0.15, 0.2) is 158 Å². The highest BCUT2D eigenvalue weighted by atomic mass is 19.1. The number of rotatable bonds is 7. The predicted molar refractivity (Wildman–Crippen MR) is 178 cm³/mol. The molecule has 6 nitrogen and oxygen atoms in total. The van der Waals surface area contributed by atoms with Gasteiger partial charge >= 0.3 is 0 Å². The molecule has 1 atom stereocenters. The van der Waals surface area contributed by atoms with Crippen molar-refractivity contribution >= 4 is 5.65 Å². The van der Waals surface area contributed by atoms with Crippen molar-refractivity contribution in [3.63, 3.8) is 0 Å². The first-order valence-electron chi connectivity index (χ1n) is 15.3. The normalized spacial score (nSPS) is 14.6. The first-order chi connectivity index (χ1) is 22.7. The molecule has 0 saturated heterocycles. The molecule has 0 amide bonds. The van der Waals surface area contributed by atoms with Crippen molar-refractivity contribution in [1.29, 1.82) is 0 Å². The van der Waals surface area contributed by atoms with E-state index in [1.54, 1.807) is 36.8 Å². The van der Waals surface area contributed by atoms with Gasteiger partial charge in [0.1, 0.15) is 28.4 Å². The molecular formula is C39H29FN6. The van der Waals surface area contributed by atoms with Crippen LogP contribution in [0.3, 0.4) is 0 Å². The summed E-state index contributed by atoms with van der Waals surface area (Å²) in [5, 5.41) is 5.42. The Balaban J connectivity index is 1.41. The Bertz CT molecular complexity index is 2140. The second-order valence-corrected chi connectivity index (χ2v) is 11.4. The van der Waals surface area contributed by atoms with Crippen LogP contribution in [0.4, 0.5) is 4.39 Å². The maximum absolute atomic E-state index is 14.2. The standard InChI is InChI=1S/C39H29FN6/c40-33-20-17-28(18-21-33)37-34(29-19-22-36-43-25-35(45(36)26-29)38-41-23-10-24-42-38)27-46(44-37)39(30-11-4-1-5-12-30,31-13-6-2-7-14-31)32-15-8-3-9-16-32/h1-15,17-27,32H,16H2. The summed E-state index contributed by atoms with van der Waals surface area (Å²) in [7, 11) is 0. The summed E-state index contributed by atoms with van der Waals surface area (Å²) in [6.45, 7) is 0. The lowest BCUT2D eigenvalue weighted by atomic mass is 9.70. The molecule has 0 bridgehead atoms. The smallest absolute Gasteiger partial charge is 0.178 e. The highest BCUT2D eigenvalue weighted by Gasteiger charge is 2.44. The Morgan fingerprint density at radius 2 is 1.39 bits per heavy atom. The fraction of sp³-hybridized carbons (Fsp3) is 0.0769. The molecule has 7 heteroatoms. The minimum Gasteiger partial charge on any atom is -0.296 e. The van der Waals surface area contributed by atoms with Gasteiger partial charge in [0.2, 0.25) is 0 Å². The molecule has 0 N–H and O–H groups in total. The van der Waals surface area contributed by atoms with E-state index in [0.29, 0.717) is 5.82 Å². The molecule has 0 radical (unpaired) electrons. The number of pyridine rings is 1. The molecule has 1 aliphatic rings. The summed E-state index contributed by atoms with van der Waals surface area (Å²) in [5.41, 5.74) is 6.55. The van der Waals surface area contributed by atoms with Crippen molar-refractivity contribution in [3.05, 3.63) is 175 Å². The van der Waals surface area contributed by atoms with Crippen molar-refractivity contribution in [3.8, 4) is 33.9 Å². The third kappa shape index (κ3) is 4.64. The van der Waals surface area contributed by atoms with E-state index in [0.717, 1.165) is 51.3 Å². The number of benzene rings is 3. The van der Waals surface area contributed by atoms with Gasteiger partial charge in [-0.15, -0.1) is 0 Å². The number of hydrogen-bond donors (Lipinski definition) is 0. The molecule has 46 heavy (non-hydrogen) atoms. The van der Waals surface area contributed by atoms with Crippen LogP contribution in [0.25, 0.3) is 39.5 Å². The van der Waals surface area contributed by atoms with Crippen molar-refractivity contribution in [2.75, 3.05) is 0 Å². The molecule has 3 aromatic carbocycles. The summed E-state index contributed by atoms with van der Waals surface area (Å²) < 4.78 is 18.3. The predicted octanol–water partition coefficient (Wildman–Crippen LogP) is 8.39. The zero-order chi connectivity index (χ0) is 30.9.